The lowest BCUT2D eigenvalue weighted by Crippen LogP contribution is -2.37. The van der Waals surface area contributed by atoms with E-state index in [1.54, 1.807) is 22.8 Å². The number of fused-ring (bicyclic) bond motifs is 2. The number of hydrogen-bond donors (Lipinski definition) is 3. The number of aromatic nitrogens is 5. The van der Waals surface area contributed by atoms with Crippen molar-refractivity contribution in [1.82, 2.24) is 29.9 Å². The van der Waals surface area contributed by atoms with Gasteiger partial charge in [-0.3, -0.25) is 9.78 Å². The van der Waals surface area contributed by atoms with Crippen molar-refractivity contribution in [2.45, 2.75) is 45.3 Å². The van der Waals surface area contributed by atoms with Gasteiger partial charge in [0.05, 0.1) is 11.9 Å². The van der Waals surface area contributed by atoms with Gasteiger partial charge in [-0.05, 0) is 54.5 Å². The molecule has 3 N–H and O–H groups in total. The summed E-state index contributed by atoms with van der Waals surface area (Å²) in [5, 5.41) is 15.7. The second kappa shape index (κ2) is 12.1. The van der Waals surface area contributed by atoms with Gasteiger partial charge in [0.25, 0.3) is 5.91 Å². The number of anilines is 2. The van der Waals surface area contributed by atoms with Crippen LogP contribution in [0.2, 0.25) is 0 Å². The van der Waals surface area contributed by atoms with E-state index in [1.807, 2.05) is 42.6 Å². The molecule has 5 aromatic rings. The summed E-state index contributed by atoms with van der Waals surface area (Å²) in [6.45, 7) is 9.47. The summed E-state index contributed by atoms with van der Waals surface area (Å²) >= 11 is 0. The SMILES string of the molecule is C=C(F)C(=O)Nc1ccc2c(-c3ccccc3CNc3nc(O[C@H]4CCCNC4)nc4c(C(C)C)cnn34)nccc2c1. The Morgan fingerprint density at radius 3 is 2.86 bits per heavy atom. The van der Waals surface area contributed by atoms with E-state index in [4.69, 9.17) is 19.7 Å². The number of hydrogen-bond acceptors (Lipinski definition) is 8. The largest absolute Gasteiger partial charge is 0.459 e. The molecule has 0 bridgehead atoms. The molecule has 1 atom stereocenters. The number of carbonyl (C=O) groups is 1. The van der Waals surface area contributed by atoms with Crippen LogP contribution in [0.25, 0.3) is 27.7 Å². The number of benzene rings is 2. The maximum atomic E-state index is 13.2. The fourth-order valence-electron chi connectivity index (χ4n) is 5.27. The van der Waals surface area contributed by atoms with Gasteiger partial charge in [0.15, 0.2) is 11.5 Å². The first-order valence-corrected chi connectivity index (χ1v) is 14.4. The first kappa shape index (κ1) is 28.2. The molecule has 2 aromatic carbocycles. The van der Waals surface area contributed by atoms with Crippen molar-refractivity contribution in [3.8, 4) is 17.3 Å². The number of nitrogens with one attached hydrogen (secondary N) is 3. The van der Waals surface area contributed by atoms with Crippen LogP contribution in [-0.4, -0.2) is 49.7 Å². The van der Waals surface area contributed by atoms with Gasteiger partial charge in [0.1, 0.15) is 6.10 Å². The quantitative estimate of drug-likeness (QED) is 0.192. The van der Waals surface area contributed by atoms with E-state index in [1.165, 1.54) is 0 Å². The van der Waals surface area contributed by atoms with Crippen LogP contribution in [0.5, 0.6) is 6.01 Å². The molecule has 3 aromatic heterocycles. The van der Waals surface area contributed by atoms with Crippen LogP contribution in [-0.2, 0) is 11.3 Å². The molecule has 220 valence electrons. The van der Waals surface area contributed by atoms with Crippen LogP contribution in [0.3, 0.4) is 0 Å². The molecule has 1 aliphatic rings. The van der Waals surface area contributed by atoms with E-state index in [9.17, 15) is 9.18 Å². The zero-order valence-corrected chi connectivity index (χ0v) is 24.1. The smallest absolute Gasteiger partial charge is 0.322 e. The molecular formula is C32H33FN8O2. The van der Waals surface area contributed by atoms with Crippen molar-refractivity contribution in [3.05, 3.63) is 84.5 Å². The molecule has 0 aliphatic carbocycles. The third-order valence-corrected chi connectivity index (χ3v) is 7.50. The second-order valence-electron chi connectivity index (χ2n) is 10.9. The number of nitrogens with zero attached hydrogens (tertiary/aromatic N) is 5. The van der Waals surface area contributed by atoms with Gasteiger partial charge in [-0.2, -0.15) is 19.6 Å². The summed E-state index contributed by atoms with van der Waals surface area (Å²) in [5.41, 5.74) is 4.92. The predicted octanol–water partition coefficient (Wildman–Crippen LogP) is 5.63. The Labute approximate surface area is 248 Å². The second-order valence-corrected chi connectivity index (χ2v) is 10.9. The van der Waals surface area contributed by atoms with Gasteiger partial charge in [0.2, 0.25) is 5.95 Å². The van der Waals surface area contributed by atoms with Crippen molar-refractivity contribution in [2.24, 2.45) is 0 Å². The molecule has 0 unspecified atom stereocenters. The van der Waals surface area contributed by atoms with Crippen LogP contribution in [0, 0.1) is 0 Å². The summed E-state index contributed by atoms with van der Waals surface area (Å²) in [5.74, 6) is -1.15. The molecule has 43 heavy (non-hydrogen) atoms. The monoisotopic (exact) mass is 580 g/mol. The highest BCUT2D eigenvalue weighted by Gasteiger charge is 2.20. The number of piperidine rings is 1. The van der Waals surface area contributed by atoms with Gasteiger partial charge in [-0.15, -0.1) is 0 Å². The van der Waals surface area contributed by atoms with Gasteiger partial charge in [-0.25, -0.2) is 4.39 Å². The van der Waals surface area contributed by atoms with E-state index >= 15 is 0 Å². The van der Waals surface area contributed by atoms with Crippen molar-refractivity contribution < 1.29 is 13.9 Å². The van der Waals surface area contributed by atoms with Crippen molar-refractivity contribution >= 4 is 34.0 Å². The zero-order valence-electron chi connectivity index (χ0n) is 24.1. The predicted molar refractivity (Wildman–Crippen MR) is 165 cm³/mol. The highest BCUT2D eigenvalue weighted by atomic mass is 19.1. The van der Waals surface area contributed by atoms with E-state index in [0.717, 1.165) is 64.7 Å². The van der Waals surface area contributed by atoms with E-state index in [-0.39, 0.29) is 12.0 Å². The minimum atomic E-state index is -1.04. The summed E-state index contributed by atoms with van der Waals surface area (Å²) in [6.07, 6.45) is 5.56. The molecule has 4 heterocycles. The molecule has 0 radical (unpaired) electrons. The standard InChI is InChI=1S/C32H33FN8O2/c1-19(2)27-18-37-41-29(27)39-32(43-24-8-6-13-34-17-24)40-31(41)36-16-22-7-4-5-9-25(22)28-26-11-10-23(38-30(42)20(3)33)15-21(26)12-14-35-28/h4-5,7,9-12,14-15,18-19,24,34H,3,6,8,13,16-17H2,1-2H3,(H,38,42)(H,36,39,40)/t24-/m0/s1. The molecule has 11 heteroatoms. The number of pyridine rings is 1. The third-order valence-electron chi connectivity index (χ3n) is 7.50. The molecule has 1 amide bonds. The van der Waals surface area contributed by atoms with E-state index in [2.05, 4.69) is 41.5 Å². The highest BCUT2D eigenvalue weighted by Crippen LogP contribution is 2.31. The number of carbonyl (C=O) groups excluding carboxylic acids is 1. The van der Waals surface area contributed by atoms with Crippen LogP contribution < -0.4 is 20.7 Å². The minimum Gasteiger partial charge on any atom is -0.459 e. The Hall–Kier alpha value is -4.90. The highest BCUT2D eigenvalue weighted by molar-refractivity contribution is 6.04. The minimum absolute atomic E-state index is 0.0114. The van der Waals surface area contributed by atoms with Crippen molar-refractivity contribution in [3.63, 3.8) is 0 Å². The summed E-state index contributed by atoms with van der Waals surface area (Å²) in [4.78, 5) is 25.9. The van der Waals surface area contributed by atoms with Crippen molar-refractivity contribution in [1.29, 1.82) is 0 Å². The molecule has 0 saturated carbocycles. The summed E-state index contributed by atoms with van der Waals surface area (Å²) < 4.78 is 21.2. The Balaban J connectivity index is 1.32. The molecule has 1 saturated heterocycles. The average molecular weight is 581 g/mol. The molecule has 1 aliphatic heterocycles. The molecule has 0 spiro atoms. The fraction of sp³-hybridized carbons (Fsp3) is 0.281. The lowest BCUT2D eigenvalue weighted by atomic mass is 9.99. The number of amides is 1. The maximum Gasteiger partial charge on any atom is 0.322 e. The fourth-order valence-corrected chi connectivity index (χ4v) is 5.27. The van der Waals surface area contributed by atoms with Crippen LogP contribution >= 0.6 is 0 Å². The summed E-state index contributed by atoms with van der Waals surface area (Å²) in [6, 6.07) is 15.6. The van der Waals surface area contributed by atoms with Gasteiger partial charge < -0.3 is 20.7 Å². The number of ether oxygens (including phenoxy) is 1. The summed E-state index contributed by atoms with van der Waals surface area (Å²) in [7, 11) is 0. The number of halogens is 1. The lowest BCUT2D eigenvalue weighted by molar-refractivity contribution is -0.114. The van der Waals surface area contributed by atoms with Crippen molar-refractivity contribution in [2.75, 3.05) is 23.7 Å². The van der Waals surface area contributed by atoms with Gasteiger partial charge >= 0.3 is 6.01 Å². The average Bonchev–Trinajstić information content (AvgIpc) is 3.45. The number of rotatable bonds is 9. The zero-order chi connectivity index (χ0) is 29.9. The van der Waals surface area contributed by atoms with E-state index in [0.29, 0.717) is 24.2 Å². The first-order chi connectivity index (χ1) is 20.9. The van der Waals surface area contributed by atoms with E-state index < -0.39 is 11.7 Å². The topological polar surface area (TPSA) is 118 Å². The van der Waals surface area contributed by atoms with Crippen LogP contribution in [0.4, 0.5) is 16.0 Å². The normalized spacial score (nSPS) is 15.1. The van der Waals surface area contributed by atoms with Gasteiger partial charge in [-0.1, -0.05) is 50.8 Å². The van der Waals surface area contributed by atoms with Crippen LogP contribution in [0.15, 0.2) is 73.3 Å². The maximum absolute atomic E-state index is 13.2. The Bertz CT molecular complexity index is 1810. The molecule has 6 rings (SSSR count). The molecule has 1 fully saturated rings. The molecular weight excluding hydrogens is 547 g/mol. The Morgan fingerprint density at radius 1 is 1.21 bits per heavy atom. The molecule has 10 nitrogen and oxygen atoms in total. The lowest BCUT2D eigenvalue weighted by Gasteiger charge is -2.23. The van der Waals surface area contributed by atoms with Crippen LogP contribution in [0.1, 0.15) is 43.7 Å². The first-order valence-electron chi connectivity index (χ1n) is 14.4. The Kier molecular flexibility index (Phi) is 7.97. The third kappa shape index (κ3) is 6.02. The van der Waals surface area contributed by atoms with Gasteiger partial charge in [0, 0.05) is 41.5 Å². The Morgan fingerprint density at radius 2 is 2.07 bits per heavy atom.